The van der Waals surface area contributed by atoms with Gasteiger partial charge in [-0.3, -0.25) is 15.0 Å². The van der Waals surface area contributed by atoms with Gasteiger partial charge < -0.3 is 5.32 Å². The largest absolute Gasteiger partial charge is 0.326 e. The first-order chi connectivity index (χ1) is 12.3. The fourth-order valence-corrected chi connectivity index (χ4v) is 3.67. The summed E-state index contributed by atoms with van der Waals surface area (Å²) < 4.78 is 26.9. The number of carbonyl (C=O) groups excluding carboxylic acids is 2. The molecule has 0 fully saturated rings. The van der Waals surface area contributed by atoms with Crippen LogP contribution >= 0.6 is 0 Å². The van der Waals surface area contributed by atoms with E-state index >= 15 is 0 Å². The molecule has 0 bridgehead atoms. The van der Waals surface area contributed by atoms with Crippen LogP contribution in [0.1, 0.15) is 12.5 Å². The molecule has 0 heterocycles. The van der Waals surface area contributed by atoms with Gasteiger partial charge in [-0.2, -0.15) is 4.31 Å². The van der Waals surface area contributed by atoms with E-state index in [1.807, 2.05) is 11.5 Å². The van der Waals surface area contributed by atoms with E-state index in [2.05, 4.69) is 5.32 Å². The number of hydrogen-bond donors (Lipinski definition) is 3. The number of benzene rings is 2. The second-order valence-corrected chi connectivity index (χ2v) is 7.47. The number of nitrogens with two attached hydrogens (primary N) is 1. The SMILES string of the molecule is CC(=O)Nc1ccc(S(=O)(=O)N(CC(=O)NN)Cc2ccccc2)cc1. The molecular weight excluding hydrogens is 356 g/mol. The van der Waals surface area contributed by atoms with Gasteiger partial charge in [0.05, 0.1) is 11.4 Å². The minimum Gasteiger partial charge on any atom is -0.326 e. The minimum atomic E-state index is -3.95. The van der Waals surface area contributed by atoms with Crippen molar-refractivity contribution in [3.05, 3.63) is 60.2 Å². The van der Waals surface area contributed by atoms with E-state index in [-0.39, 0.29) is 17.3 Å². The number of sulfonamides is 1. The van der Waals surface area contributed by atoms with E-state index in [9.17, 15) is 18.0 Å². The summed E-state index contributed by atoms with van der Waals surface area (Å²) in [7, 11) is -3.95. The van der Waals surface area contributed by atoms with Gasteiger partial charge in [0.2, 0.25) is 21.8 Å². The van der Waals surface area contributed by atoms with E-state index in [1.165, 1.54) is 31.2 Å². The maximum absolute atomic E-state index is 12.9. The first-order valence-corrected chi connectivity index (χ1v) is 9.18. The Morgan fingerprint density at radius 3 is 2.19 bits per heavy atom. The van der Waals surface area contributed by atoms with Crippen LogP contribution in [0.2, 0.25) is 0 Å². The molecule has 2 aromatic carbocycles. The number of hydrazine groups is 1. The van der Waals surface area contributed by atoms with E-state index in [1.54, 1.807) is 24.3 Å². The Morgan fingerprint density at radius 2 is 1.65 bits per heavy atom. The summed E-state index contributed by atoms with van der Waals surface area (Å²) >= 11 is 0. The lowest BCUT2D eigenvalue weighted by Crippen LogP contribution is -2.42. The molecule has 0 radical (unpaired) electrons. The Kier molecular flexibility index (Phi) is 6.45. The summed E-state index contributed by atoms with van der Waals surface area (Å²) in [6.45, 7) is 0.961. The second-order valence-electron chi connectivity index (χ2n) is 5.53. The highest BCUT2D eigenvalue weighted by atomic mass is 32.2. The first-order valence-electron chi connectivity index (χ1n) is 7.74. The van der Waals surface area contributed by atoms with Gasteiger partial charge in [0.25, 0.3) is 0 Å². The summed E-state index contributed by atoms with van der Waals surface area (Å²) in [4.78, 5) is 22.7. The standard InChI is InChI=1S/C17H20N4O4S/c1-13(22)19-15-7-9-16(10-8-15)26(24,25)21(12-17(23)20-18)11-14-5-3-2-4-6-14/h2-10H,11-12,18H2,1H3,(H,19,22)(H,20,23). The molecule has 0 aliphatic carbocycles. The predicted octanol–water partition coefficient (Wildman–Crippen LogP) is 0.826. The van der Waals surface area contributed by atoms with Crippen LogP contribution in [0, 0.1) is 0 Å². The number of rotatable bonds is 7. The van der Waals surface area contributed by atoms with Gasteiger partial charge in [-0.25, -0.2) is 14.3 Å². The first kappa shape index (κ1) is 19.6. The molecule has 0 aliphatic heterocycles. The Balaban J connectivity index is 2.31. The van der Waals surface area contributed by atoms with Crippen LogP contribution in [0.5, 0.6) is 0 Å². The number of hydrogen-bond acceptors (Lipinski definition) is 5. The van der Waals surface area contributed by atoms with Crippen molar-refractivity contribution >= 4 is 27.5 Å². The molecule has 0 saturated heterocycles. The second kappa shape index (κ2) is 8.56. The van der Waals surface area contributed by atoms with Crippen LogP contribution in [0.4, 0.5) is 5.69 Å². The van der Waals surface area contributed by atoms with Crippen molar-refractivity contribution in [3.63, 3.8) is 0 Å². The van der Waals surface area contributed by atoms with Crippen LogP contribution in [0.3, 0.4) is 0 Å². The van der Waals surface area contributed by atoms with Gasteiger partial charge in [-0.05, 0) is 29.8 Å². The van der Waals surface area contributed by atoms with Crippen molar-refractivity contribution < 1.29 is 18.0 Å². The van der Waals surface area contributed by atoms with Crippen molar-refractivity contribution in [2.75, 3.05) is 11.9 Å². The third-order valence-corrected chi connectivity index (χ3v) is 5.30. The molecule has 0 saturated carbocycles. The molecular formula is C17H20N4O4S. The summed E-state index contributed by atoms with van der Waals surface area (Å²) in [5.41, 5.74) is 3.15. The maximum Gasteiger partial charge on any atom is 0.249 e. The number of amides is 2. The molecule has 2 aromatic rings. The minimum absolute atomic E-state index is 0.00681. The Morgan fingerprint density at radius 1 is 1.04 bits per heavy atom. The number of carbonyl (C=O) groups is 2. The predicted molar refractivity (Wildman–Crippen MR) is 97.1 cm³/mol. The van der Waals surface area contributed by atoms with Gasteiger partial charge in [0.15, 0.2) is 0 Å². The maximum atomic E-state index is 12.9. The van der Waals surface area contributed by atoms with Crippen LogP contribution in [0.25, 0.3) is 0 Å². The van der Waals surface area contributed by atoms with Gasteiger partial charge >= 0.3 is 0 Å². The van der Waals surface area contributed by atoms with Crippen molar-refractivity contribution in [3.8, 4) is 0 Å². The van der Waals surface area contributed by atoms with Crippen LogP contribution in [0.15, 0.2) is 59.5 Å². The molecule has 9 heteroatoms. The summed E-state index contributed by atoms with van der Waals surface area (Å²) in [5.74, 6) is 4.22. The summed E-state index contributed by atoms with van der Waals surface area (Å²) in [5, 5.41) is 2.57. The summed E-state index contributed by atoms with van der Waals surface area (Å²) in [6.07, 6.45) is 0. The summed E-state index contributed by atoms with van der Waals surface area (Å²) in [6, 6.07) is 14.6. The van der Waals surface area contributed by atoms with E-state index in [0.29, 0.717) is 5.69 Å². The molecule has 0 atom stereocenters. The highest BCUT2D eigenvalue weighted by molar-refractivity contribution is 7.89. The van der Waals surface area contributed by atoms with Crippen molar-refractivity contribution in [1.82, 2.24) is 9.73 Å². The number of nitrogens with one attached hydrogen (secondary N) is 2. The monoisotopic (exact) mass is 376 g/mol. The van der Waals surface area contributed by atoms with Crippen molar-refractivity contribution in [1.29, 1.82) is 0 Å². The lowest BCUT2D eigenvalue weighted by molar-refractivity contribution is -0.121. The lowest BCUT2D eigenvalue weighted by Gasteiger charge is -2.21. The molecule has 0 spiro atoms. The Bertz CT molecular complexity index is 867. The quantitative estimate of drug-likeness (QED) is 0.375. The van der Waals surface area contributed by atoms with Gasteiger partial charge in [0, 0.05) is 19.2 Å². The smallest absolute Gasteiger partial charge is 0.249 e. The average molecular weight is 376 g/mol. The zero-order valence-corrected chi connectivity index (χ0v) is 15.0. The molecule has 2 rings (SSSR count). The molecule has 0 unspecified atom stereocenters. The fourth-order valence-electron chi connectivity index (χ4n) is 2.28. The Labute approximate surface area is 152 Å². The zero-order valence-electron chi connectivity index (χ0n) is 14.2. The molecule has 2 amide bonds. The van der Waals surface area contributed by atoms with Gasteiger partial charge in [-0.1, -0.05) is 30.3 Å². The van der Waals surface area contributed by atoms with Crippen molar-refractivity contribution in [2.24, 2.45) is 5.84 Å². The highest BCUT2D eigenvalue weighted by Gasteiger charge is 2.26. The zero-order chi connectivity index (χ0) is 19.2. The van der Waals surface area contributed by atoms with Crippen LogP contribution in [-0.2, 0) is 26.2 Å². The van der Waals surface area contributed by atoms with Crippen LogP contribution in [-0.4, -0.2) is 31.1 Å². The molecule has 4 N–H and O–H groups in total. The van der Waals surface area contributed by atoms with E-state index in [0.717, 1.165) is 9.87 Å². The van der Waals surface area contributed by atoms with Crippen molar-refractivity contribution in [2.45, 2.75) is 18.4 Å². The highest BCUT2D eigenvalue weighted by Crippen LogP contribution is 2.20. The Hall–Kier alpha value is -2.75. The molecule has 138 valence electrons. The molecule has 0 aliphatic rings. The molecule has 8 nitrogen and oxygen atoms in total. The average Bonchev–Trinajstić information content (AvgIpc) is 2.62. The van der Waals surface area contributed by atoms with Crippen LogP contribution < -0.4 is 16.6 Å². The van der Waals surface area contributed by atoms with E-state index in [4.69, 9.17) is 5.84 Å². The fraction of sp³-hybridized carbons (Fsp3) is 0.176. The van der Waals surface area contributed by atoms with Gasteiger partial charge in [-0.15, -0.1) is 0 Å². The molecule has 0 aromatic heterocycles. The third-order valence-electron chi connectivity index (χ3n) is 3.50. The van der Waals surface area contributed by atoms with Gasteiger partial charge in [0.1, 0.15) is 0 Å². The topological polar surface area (TPSA) is 122 Å². The number of anilines is 1. The third kappa shape index (κ3) is 5.12. The normalized spacial score (nSPS) is 11.2. The number of nitrogens with zero attached hydrogens (tertiary/aromatic N) is 1. The van der Waals surface area contributed by atoms with E-state index < -0.39 is 22.5 Å². The molecule has 26 heavy (non-hydrogen) atoms. The lowest BCUT2D eigenvalue weighted by atomic mass is 10.2.